The monoisotopic (exact) mass is 871 g/mol. The summed E-state index contributed by atoms with van der Waals surface area (Å²) in [6.45, 7) is 0. The van der Waals surface area contributed by atoms with E-state index in [1.807, 2.05) is 23.5 Å². The van der Waals surface area contributed by atoms with Crippen molar-refractivity contribution in [3.05, 3.63) is 249 Å². The van der Waals surface area contributed by atoms with Gasteiger partial charge in [-0.2, -0.15) is 0 Å². The van der Waals surface area contributed by atoms with Gasteiger partial charge in [0.25, 0.3) is 0 Å². The van der Waals surface area contributed by atoms with Crippen LogP contribution in [-0.4, -0.2) is 0 Å². The second-order valence-corrected chi connectivity index (χ2v) is 18.4. The molecule has 2 heterocycles. The van der Waals surface area contributed by atoms with Crippen LogP contribution in [0.5, 0.6) is 0 Å². The number of rotatable bonds is 8. The van der Waals surface area contributed by atoms with Crippen LogP contribution in [0.15, 0.2) is 253 Å². The molecule has 314 valence electrons. The fraction of sp³-hybridized carbons (Fsp3) is 0. The molecular formula is C64H41NOS. The fourth-order valence-electron chi connectivity index (χ4n) is 9.75. The molecular weight excluding hydrogens is 831 g/mol. The molecule has 0 saturated heterocycles. The second kappa shape index (κ2) is 16.2. The highest BCUT2D eigenvalue weighted by molar-refractivity contribution is 7.25. The smallest absolute Gasteiger partial charge is 0.135 e. The Morgan fingerprint density at radius 1 is 0.254 bits per heavy atom. The van der Waals surface area contributed by atoms with E-state index in [9.17, 15) is 0 Å². The molecule has 13 aromatic rings. The summed E-state index contributed by atoms with van der Waals surface area (Å²) in [6, 6.07) is 90.3. The van der Waals surface area contributed by atoms with Gasteiger partial charge in [0.05, 0.1) is 0 Å². The van der Waals surface area contributed by atoms with Gasteiger partial charge < -0.3 is 9.32 Å². The Bertz CT molecular complexity index is 3740. The summed E-state index contributed by atoms with van der Waals surface area (Å²) in [4.78, 5) is 2.35. The molecule has 0 spiro atoms. The minimum Gasteiger partial charge on any atom is -0.456 e. The van der Waals surface area contributed by atoms with Crippen molar-refractivity contribution in [2.75, 3.05) is 4.90 Å². The first-order chi connectivity index (χ1) is 33.1. The fourth-order valence-corrected chi connectivity index (χ4v) is 10.8. The molecule has 0 radical (unpaired) electrons. The first kappa shape index (κ1) is 38.9. The minimum atomic E-state index is 0.912. The molecule has 67 heavy (non-hydrogen) atoms. The molecule has 2 aromatic heterocycles. The highest BCUT2D eigenvalue weighted by Crippen LogP contribution is 2.40. The van der Waals surface area contributed by atoms with Crippen LogP contribution in [-0.2, 0) is 0 Å². The maximum atomic E-state index is 6.09. The Morgan fingerprint density at radius 3 is 1.24 bits per heavy atom. The number of nitrogens with zero attached hydrogens (tertiary/aromatic N) is 1. The second-order valence-electron chi connectivity index (χ2n) is 17.3. The summed E-state index contributed by atoms with van der Waals surface area (Å²) >= 11 is 1.86. The van der Waals surface area contributed by atoms with Crippen LogP contribution >= 0.6 is 11.3 Å². The molecule has 13 rings (SSSR count). The largest absolute Gasteiger partial charge is 0.456 e. The lowest BCUT2D eigenvalue weighted by Gasteiger charge is -2.26. The maximum Gasteiger partial charge on any atom is 0.135 e. The number of furan rings is 1. The Morgan fingerprint density at radius 2 is 0.642 bits per heavy atom. The molecule has 0 atom stereocenters. The lowest BCUT2D eigenvalue weighted by molar-refractivity contribution is 0.669. The predicted octanol–water partition coefficient (Wildman–Crippen LogP) is 18.9. The van der Waals surface area contributed by atoms with Crippen LogP contribution in [0.3, 0.4) is 0 Å². The lowest BCUT2D eigenvalue weighted by atomic mass is 9.98. The zero-order chi connectivity index (χ0) is 44.3. The van der Waals surface area contributed by atoms with Crippen molar-refractivity contribution >= 4 is 81.3 Å². The molecule has 0 fully saturated rings. The molecule has 0 N–H and O–H groups in total. The zero-order valence-corrected chi connectivity index (χ0v) is 37.3. The summed E-state index contributed by atoms with van der Waals surface area (Å²) < 4.78 is 8.75. The van der Waals surface area contributed by atoms with Crippen molar-refractivity contribution in [2.24, 2.45) is 0 Å². The summed E-state index contributed by atoms with van der Waals surface area (Å²) in [7, 11) is 0. The van der Waals surface area contributed by atoms with Gasteiger partial charge in [0.2, 0.25) is 0 Å². The summed E-state index contributed by atoms with van der Waals surface area (Å²) in [5, 5.41) is 7.43. The average molecular weight is 872 g/mol. The lowest BCUT2D eigenvalue weighted by Crippen LogP contribution is -2.09. The molecule has 2 nitrogen and oxygen atoms in total. The SMILES string of the molecule is c1ccc2cc(-c3ccc(N(c4ccc(-c5ccc(-c6ccc7oc8ccccc8c7c6)cc5)cc4)c4ccc(-c5ccc(-c6ccc7sc8ccccc8c7c6)cc5)cc4)cc3)ccc2c1. The van der Waals surface area contributed by atoms with Crippen LogP contribution in [0.1, 0.15) is 0 Å². The van der Waals surface area contributed by atoms with Crippen LogP contribution in [0, 0.1) is 0 Å². The van der Waals surface area contributed by atoms with Crippen molar-refractivity contribution in [3.63, 3.8) is 0 Å². The van der Waals surface area contributed by atoms with Crippen molar-refractivity contribution < 1.29 is 4.42 Å². The standard InChI is InChI=1S/C64H41NOS/c1-2-8-50-39-51(22-21-42(50)7-1)49-27-35-56(36-28-49)65(54-31-23-45(24-32-54)43-13-17-47(18-14-43)52-29-37-62-59(40-52)57-9-3-5-11-61(57)66-62)55-33-25-46(26-34-55)44-15-19-48(20-16-44)53-30-38-64-60(41-53)58-10-4-6-12-63(58)67-64/h1-41H. The number of para-hydroxylation sites is 1. The third-order valence-electron chi connectivity index (χ3n) is 13.3. The van der Waals surface area contributed by atoms with Gasteiger partial charge in [-0.15, -0.1) is 11.3 Å². The quantitative estimate of drug-likeness (QED) is 0.151. The Hall–Kier alpha value is -8.50. The molecule has 0 bridgehead atoms. The van der Waals surface area contributed by atoms with Gasteiger partial charge in [0.15, 0.2) is 0 Å². The Kier molecular flexibility index (Phi) is 9.40. The molecule has 0 amide bonds. The van der Waals surface area contributed by atoms with Gasteiger partial charge in [-0.25, -0.2) is 0 Å². The van der Waals surface area contributed by atoms with E-state index < -0.39 is 0 Å². The summed E-state index contributed by atoms with van der Waals surface area (Å²) in [5.41, 5.74) is 17.0. The molecule has 3 heteroatoms. The molecule has 11 aromatic carbocycles. The minimum absolute atomic E-state index is 0.912. The van der Waals surface area contributed by atoms with E-state index in [1.54, 1.807) is 0 Å². The van der Waals surface area contributed by atoms with Crippen molar-refractivity contribution in [1.82, 2.24) is 0 Å². The Labute approximate surface area is 392 Å². The third kappa shape index (κ3) is 7.14. The molecule has 0 unspecified atom stereocenters. The van der Waals surface area contributed by atoms with Crippen LogP contribution < -0.4 is 4.90 Å². The highest BCUT2D eigenvalue weighted by atomic mass is 32.1. The van der Waals surface area contributed by atoms with Gasteiger partial charge in [-0.05, 0) is 145 Å². The number of fused-ring (bicyclic) bond motifs is 7. The average Bonchev–Trinajstić information content (AvgIpc) is 3.97. The van der Waals surface area contributed by atoms with Gasteiger partial charge >= 0.3 is 0 Å². The molecule has 0 saturated carbocycles. The third-order valence-corrected chi connectivity index (χ3v) is 14.5. The molecule has 0 aliphatic heterocycles. The van der Waals surface area contributed by atoms with Gasteiger partial charge in [0.1, 0.15) is 11.2 Å². The summed E-state index contributed by atoms with van der Waals surface area (Å²) in [6.07, 6.45) is 0. The normalized spacial score (nSPS) is 11.6. The molecule has 0 aliphatic rings. The van der Waals surface area contributed by atoms with Crippen molar-refractivity contribution in [3.8, 4) is 55.6 Å². The van der Waals surface area contributed by atoms with E-state index in [-0.39, 0.29) is 0 Å². The molecule has 0 aliphatic carbocycles. The topological polar surface area (TPSA) is 16.4 Å². The number of benzene rings is 11. The van der Waals surface area contributed by atoms with Gasteiger partial charge in [-0.1, -0.05) is 170 Å². The predicted molar refractivity (Wildman–Crippen MR) is 286 cm³/mol. The highest BCUT2D eigenvalue weighted by Gasteiger charge is 2.15. The number of hydrogen-bond donors (Lipinski definition) is 0. The van der Waals surface area contributed by atoms with E-state index in [1.165, 1.54) is 86.6 Å². The van der Waals surface area contributed by atoms with E-state index in [0.29, 0.717) is 0 Å². The number of anilines is 3. The van der Waals surface area contributed by atoms with Crippen molar-refractivity contribution in [1.29, 1.82) is 0 Å². The number of thiophene rings is 1. The van der Waals surface area contributed by atoms with Crippen LogP contribution in [0.25, 0.3) is 109 Å². The number of hydrogen-bond acceptors (Lipinski definition) is 3. The summed E-state index contributed by atoms with van der Waals surface area (Å²) in [5.74, 6) is 0. The maximum absolute atomic E-state index is 6.09. The first-order valence-corrected chi connectivity index (χ1v) is 23.6. The van der Waals surface area contributed by atoms with Gasteiger partial charge in [0, 0.05) is 48.0 Å². The Balaban J connectivity index is 0.802. The van der Waals surface area contributed by atoms with E-state index in [0.717, 1.165) is 39.0 Å². The first-order valence-electron chi connectivity index (χ1n) is 22.8. The van der Waals surface area contributed by atoms with E-state index in [4.69, 9.17) is 4.42 Å². The van der Waals surface area contributed by atoms with E-state index >= 15 is 0 Å². The van der Waals surface area contributed by atoms with Crippen LogP contribution in [0.2, 0.25) is 0 Å². The van der Waals surface area contributed by atoms with Gasteiger partial charge in [-0.3, -0.25) is 0 Å². The van der Waals surface area contributed by atoms with Crippen LogP contribution in [0.4, 0.5) is 17.1 Å². The zero-order valence-electron chi connectivity index (χ0n) is 36.4. The van der Waals surface area contributed by atoms with E-state index in [2.05, 4.69) is 241 Å². The van der Waals surface area contributed by atoms with Crippen molar-refractivity contribution in [2.45, 2.75) is 0 Å².